The smallest absolute Gasteiger partial charge is 0.238 e. The molecule has 0 unspecified atom stereocenters. The van der Waals surface area contributed by atoms with Gasteiger partial charge in [0.1, 0.15) is 0 Å². The lowest BCUT2D eigenvalue weighted by atomic mass is 10.1. The number of benzene rings is 15. The van der Waals surface area contributed by atoms with Crippen molar-refractivity contribution in [3.8, 4) is 34.4 Å². The van der Waals surface area contributed by atoms with E-state index < -0.39 is 24.2 Å². The third kappa shape index (κ3) is 10.0. The highest BCUT2D eigenvalue weighted by molar-refractivity contribution is 7.21. The molecule has 0 radical (unpaired) electrons. The molecule has 0 fully saturated rings. The molecule has 0 bridgehead atoms. The Morgan fingerprint density at radius 1 is 0.198 bits per heavy atom. The third-order valence-corrected chi connectivity index (χ3v) is 35.2. The standard InChI is InChI=1S/C93H67N5Si3/c1-10-34-71(35-11-1)99(72-36-12-2-13-37-72,73-38-14-3-15-39-73)80-61-57-68(58-62-80)91-94-92(69-59-63-81(64-60-69)100(74-40-16-4-17-41-74,75-42-18-5-19-43-75)76-44-20-6-21-45-76)96-93(95-91)98-86-55-30-28-53-83(86)84-65-66-88-89(90(84)98)85-54-29-31-56-87(85)97(88)70-33-32-52-82(67-70)101(77-46-22-7-23-47-77,78-48-24-8-25-49-78)79-50-26-9-27-51-79/h1-67H. The van der Waals surface area contributed by atoms with E-state index in [0.29, 0.717) is 17.6 Å². The van der Waals surface area contributed by atoms with Crippen molar-refractivity contribution in [1.82, 2.24) is 24.1 Å². The lowest BCUT2D eigenvalue weighted by Gasteiger charge is -2.34. The fourth-order valence-electron chi connectivity index (χ4n) is 16.5. The van der Waals surface area contributed by atoms with Gasteiger partial charge in [-0.15, -0.1) is 0 Å². The molecule has 476 valence electrons. The van der Waals surface area contributed by atoms with Crippen molar-refractivity contribution in [2.45, 2.75) is 0 Å². The molecule has 0 saturated heterocycles. The molecule has 0 aliphatic heterocycles. The van der Waals surface area contributed by atoms with E-state index in [1.54, 1.807) is 0 Å². The summed E-state index contributed by atoms with van der Waals surface area (Å²) in [4.78, 5) is 17.1. The molecule has 0 aliphatic carbocycles. The van der Waals surface area contributed by atoms with Gasteiger partial charge in [0.15, 0.2) is 35.9 Å². The van der Waals surface area contributed by atoms with Crippen LogP contribution in [0.2, 0.25) is 0 Å². The predicted molar refractivity (Wildman–Crippen MR) is 430 cm³/mol. The zero-order valence-electron chi connectivity index (χ0n) is 55.4. The molecule has 101 heavy (non-hydrogen) atoms. The first-order valence-electron chi connectivity index (χ1n) is 34.7. The van der Waals surface area contributed by atoms with Gasteiger partial charge >= 0.3 is 0 Å². The van der Waals surface area contributed by atoms with Gasteiger partial charge < -0.3 is 4.57 Å². The van der Waals surface area contributed by atoms with Gasteiger partial charge in [-0.1, -0.05) is 376 Å². The van der Waals surface area contributed by atoms with E-state index in [-0.39, 0.29) is 0 Å². The summed E-state index contributed by atoms with van der Waals surface area (Å²) < 4.78 is 4.81. The van der Waals surface area contributed by atoms with Crippen LogP contribution < -0.4 is 62.2 Å². The lowest BCUT2D eigenvalue weighted by molar-refractivity contribution is 0.955. The summed E-state index contributed by atoms with van der Waals surface area (Å²) in [6, 6.07) is 150. The molecular formula is C93H67N5Si3. The number of hydrogen-bond acceptors (Lipinski definition) is 3. The number of aromatic nitrogens is 5. The second kappa shape index (κ2) is 25.8. The minimum Gasteiger partial charge on any atom is -0.309 e. The Balaban J connectivity index is 0.875. The molecule has 3 aromatic heterocycles. The normalized spacial score (nSPS) is 12.0. The van der Waals surface area contributed by atoms with E-state index >= 15 is 0 Å². The van der Waals surface area contributed by atoms with Gasteiger partial charge in [-0.3, -0.25) is 4.57 Å². The maximum Gasteiger partial charge on any atom is 0.238 e. The van der Waals surface area contributed by atoms with Crippen molar-refractivity contribution < 1.29 is 0 Å². The summed E-state index contributed by atoms with van der Waals surface area (Å²) in [5.74, 6) is 1.69. The number of fused-ring (bicyclic) bond motifs is 7. The SMILES string of the molecule is c1ccc([Si](c2ccccc2)(c2ccccc2)c2ccc(-c3nc(-c4ccc([Si](c5ccccc5)(c5ccccc5)c5ccccc5)cc4)nc(-n4c5ccccc5c5ccc6c(c7ccccc7n6-c6cccc([Si](c7ccccc7)(c7ccccc7)c7ccccc7)c6)c54)n3)cc2)cc1. The van der Waals surface area contributed by atoms with Crippen LogP contribution in [0.3, 0.4) is 0 Å². The van der Waals surface area contributed by atoms with Crippen LogP contribution in [0.25, 0.3) is 78.0 Å². The van der Waals surface area contributed by atoms with Crippen molar-refractivity contribution >= 4 is 130 Å². The van der Waals surface area contributed by atoms with Crippen LogP contribution in [0.5, 0.6) is 0 Å². The van der Waals surface area contributed by atoms with Crippen LogP contribution in [0.1, 0.15) is 0 Å². The van der Waals surface area contributed by atoms with Crippen molar-refractivity contribution in [1.29, 1.82) is 0 Å². The molecule has 0 aliphatic rings. The zero-order valence-corrected chi connectivity index (χ0v) is 58.4. The average Bonchev–Trinajstić information content (AvgIpc) is 1.57. The summed E-state index contributed by atoms with van der Waals surface area (Å²) in [5, 5.41) is 20.1. The fourth-order valence-corrected chi connectivity index (χ4v) is 30.8. The maximum absolute atomic E-state index is 5.75. The summed E-state index contributed by atoms with van der Waals surface area (Å²) in [5.41, 5.74) is 7.08. The van der Waals surface area contributed by atoms with Crippen LogP contribution in [0.4, 0.5) is 0 Å². The summed E-state index contributed by atoms with van der Waals surface area (Å²) in [6.07, 6.45) is 0. The third-order valence-electron chi connectivity index (χ3n) is 20.8. The summed E-state index contributed by atoms with van der Waals surface area (Å²) in [6.45, 7) is 0. The second-order valence-electron chi connectivity index (χ2n) is 26.1. The number of nitrogens with zero attached hydrogens (tertiary/aromatic N) is 5. The van der Waals surface area contributed by atoms with Crippen molar-refractivity contribution in [3.05, 3.63) is 406 Å². The van der Waals surface area contributed by atoms with E-state index in [0.717, 1.165) is 60.4 Å². The Kier molecular flexibility index (Phi) is 15.5. The van der Waals surface area contributed by atoms with Gasteiger partial charge in [0.05, 0.1) is 22.1 Å². The molecule has 0 spiro atoms. The van der Waals surface area contributed by atoms with Crippen molar-refractivity contribution in [2.75, 3.05) is 0 Å². The molecule has 15 aromatic carbocycles. The van der Waals surface area contributed by atoms with Crippen molar-refractivity contribution in [3.63, 3.8) is 0 Å². The first-order chi connectivity index (χ1) is 50.1. The molecule has 0 atom stereocenters. The van der Waals surface area contributed by atoms with Crippen LogP contribution >= 0.6 is 0 Å². The molecule has 3 heterocycles. The van der Waals surface area contributed by atoms with E-state index in [1.165, 1.54) is 62.2 Å². The van der Waals surface area contributed by atoms with Gasteiger partial charge in [0, 0.05) is 38.4 Å². The largest absolute Gasteiger partial charge is 0.309 e. The van der Waals surface area contributed by atoms with Gasteiger partial charge in [0.25, 0.3) is 0 Å². The number of para-hydroxylation sites is 2. The zero-order chi connectivity index (χ0) is 67.2. The first-order valence-corrected chi connectivity index (χ1v) is 40.7. The van der Waals surface area contributed by atoms with E-state index in [4.69, 9.17) is 15.0 Å². The highest BCUT2D eigenvalue weighted by Crippen LogP contribution is 2.42. The molecule has 0 saturated carbocycles. The summed E-state index contributed by atoms with van der Waals surface area (Å²) in [7, 11) is -8.69. The summed E-state index contributed by atoms with van der Waals surface area (Å²) >= 11 is 0. The monoisotopic (exact) mass is 1340 g/mol. The Labute approximate surface area is 591 Å². The Bertz CT molecular complexity index is 5490. The van der Waals surface area contributed by atoms with Crippen LogP contribution in [-0.4, -0.2) is 48.3 Å². The first kappa shape index (κ1) is 60.9. The molecule has 18 aromatic rings. The second-order valence-corrected chi connectivity index (χ2v) is 37.5. The molecule has 5 nitrogen and oxygen atoms in total. The van der Waals surface area contributed by atoms with Gasteiger partial charge in [-0.2, -0.15) is 9.97 Å². The van der Waals surface area contributed by atoms with E-state index in [1.807, 2.05) is 0 Å². The van der Waals surface area contributed by atoms with Crippen molar-refractivity contribution in [2.24, 2.45) is 0 Å². The topological polar surface area (TPSA) is 48.5 Å². The van der Waals surface area contributed by atoms with E-state index in [9.17, 15) is 0 Å². The van der Waals surface area contributed by atoms with E-state index in [2.05, 4.69) is 416 Å². The Hall–Kier alpha value is -12.4. The van der Waals surface area contributed by atoms with Crippen LogP contribution in [0, 0.1) is 0 Å². The van der Waals surface area contributed by atoms with Gasteiger partial charge in [-0.05, 0) is 92.6 Å². The molecule has 18 rings (SSSR count). The Morgan fingerprint density at radius 3 is 0.861 bits per heavy atom. The Morgan fingerprint density at radius 2 is 0.495 bits per heavy atom. The predicted octanol–water partition coefficient (Wildman–Crippen LogP) is 13.5. The molecule has 0 N–H and O–H groups in total. The fraction of sp³-hybridized carbons (Fsp3) is 0. The number of rotatable bonds is 16. The molecular weight excluding hydrogens is 1270 g/mol. The quantitative estimate of drug-likeness (QED) is 0.0715. The minimum atomic E-state index is -2.92. The molecule has 0 amide bonds. The average molecular weight is 1340 g/mol. The minimum absolute atomic E-state index is 0.531. The van der Waals surface area contributed by atoms with Crippen LogP contribution in [0.15, 0.2) is 406 Å². The van der Waals surface area contributed by atoms with Crippen LogP contribution in [-0.2, 0) is 0 Å². The molecule has 8 heteroatoms. The van der Waals surface area contributed by atoms with Gasteiger partial charge in [0.2, 0.25) is 5.95 Å². The van der Waals surface area contributed by atoms with Gasteiger partial charge in [-0.25, -0.2) is 4.98 Å². The number of hydrogen-bond donors (Lipinski definition) is 0. The highest BCUT2D eigenvalue weighted by atomic mass is 28.3. The highest BCUT2D eigenvalue weighted by Gasteiger charge is 2.44. The maximum atomic E-state index is 5.75. The lowest BCUT2D eigenvalue weighted by Crippen LogP contribution is -2.74.